The first-order valence-electron chi connectivity index (χ1n) is 11.1. The van der Waals surface area contributed by atoms with Crippen LogP contribution in [0.5, 0.6) is 5.88 Å². The number of halogens is 1. The van der Waals surface area contributed by atoms with Crippen LogP contribution in [0.1, 0.15) is 16.5 Å². The number of thiazole rings is 1. The number of nitrogens with zero attached hydrogens (tertiary/aromatic N) is 5. The zero-order valence-corrected chi connectivity index (χ0v) is 19.8. The summed E-state index contributed by atoms with van der Waals surface area (Å²) in [5, 5.41) is 16.4. The predicted octanol–water partition coefficient (Wildman–Crippen LogP) is 5.32. The van der Waals surface area contributed by atoms with Gasteiger partial charge in [0, 0.05) is 36.9 Å². The van der Waals surface area contributed by atoms with Crippen molar-refractivity contribution in [2.75, 3.05) is 31.1 Å². The number of fused-ring (bicyclic) bond motifs is 1. The van der Waals surface area contributed by atoms with Gasteiger partial charge >= 0.3 is 0 Å². The lowest BCUT2D eigenvalue weighted by Crippen LogP contribution is -2.47. The second kappa shape index (κ2) is 8.79. The van der Waals surface area contributed by atoms with Gasteiger partial charge in [0.1, 0.15) is 0 Å². The lowest BCUT2D eigenvalue weighted by Gasteiger charge is -2.40. The molecule has 0 radical (unpaired) electrons. The second-order valence-electron chi connectivity index (χ2n) is 8.18. The molecule has 3 aromatic heterocycles. The summed E-state index contributed by atoms with van der Waals surface area (Å²) in [7, 11) is 0. The first-order chi connectivity index (χ1) is 16.7. The van der Waals surface area contributed by atoms with E-state index in [9.17, 15) is 5.11 Å². The van der Waals surface area contributed by atoms with Gasteiger partial charge in [0.25, 0.3) is 0 Å². The van der Waals surface area contributed by atoms with Gasteiger partial charge in [0.15, 0.2) is 5.76 Å². The quantitative estimate of drug-likeness (QED) is 0.359. The molecule has 1 atom stereocenters. The zero-order valence-electron chi connectivity index (χ0n) is 18.2. The Labute approximate surface area is 205 Å². The Morgan fingerprint density at radius 2 is 1.71 bits per heavy atom. The lowest BCUT2D eigenvalue weighted by atomic mass is 10.0. The number of hydrogen-bond donors (Lipinski definition) is 1. The van der Waals surface area contributed by atoms with E-state index in [1.165, 1.54) is 21.5 Å². The number of anilines is 1. The highest BCUT2D eigenvalue weighted by atomic mass is 35.5. The standard InChI is InChI=1S/C25H22ClN5O2S/c26-19-10-5-4-9-18(19)21(30-14-12-29(13-15-30)17-7-2-1-3-8-17)22-24(32)31-25(34-22)27-23(28-31)20-11-6-16-33-20/h1-11,16,21,32H,12-15H2. The van der Waals surface area contributed by atoms with E-state index in [0.717, 1.165) is 36.6 Å². The van der Waals surface area contributed by atoms with Crippen LogP contribution in [0, 0.1) is 0 Å². The third-order valence-electron chi connectivity index (χ3n) is 6.19. The molecule has 5 aromatic rings. The molecule has 0 amide bonds. The summed E-state index contributed by atoms with van der Waals surface area (Å²) in [6.45, 7) is 3.43. The van der Waals surface area contributed by atoms with Gasteiger partial charge in [-0.05, 0) is 35.9 Å². The molecule has 172 valence electrons. The summed E-state index contributed by atoms with van der Waals surface area (Å²) < 4.78 is 6.91. The van der Waals surface area contributed by atoms with Gasteiger partial charge in [-0.1, -0.05) is 59.3 Å². The van der Waals surface area contributed by atoms with Crippen molar-refractivity contribution in [3.63, 3.8) is 0 Å². The van der Waals surface area contributed by atoms with Gasteiger partial charge in [0.2, 0.25) is 16.7 Å². The van der Waals surface area contributed by atoms with E-state index in [1.807, 2.05) is 30.3 Å². The minimum atomic E-state index is -0.202. The largest absolute Gasteiger partial charge is 0.492 e. The fourth-order valence-electron chi connectivity index (χ4n) is 4.52. The number of piperazine rings is 1. The van der Waals surface area contributed by atoms with E-state index in [4.69, 9.17) is 16.0 Å². The van der Waals surface area contributed by atoms with Gasteiger partial charge in [0.05, 0.1) is 17.2 Å². The minimum Gasteiger partial charge on any atom is -0.492 e. The van der Waals surface area contributed by atoms with E-state index in [2.05, 4.69) is 44.1 Å². The van der Waals surface area contributed by atoms with Crippen molar-refractivity contribution in [1.82, 2.24) is 19.5 Å². The number of benzene rings is 2. The molecular weight excluding hydrogens is 470 g/mol. The van der Waals surface area contributed by atoms with Crippen LogP contribution in [-0.2, 0) is 0 Å². The van der Waals surface area contributed by atoms with Crippen molar-refractivity contribution >= 4 is 33.6 Å². The van der Waals surface area contributed by atoms with E-state index in [-0.39, 0.29) is 11.9 Å². The molecule has 0 spiro atoms. The zero-order chi connectivity index (χ0) is 23.1. The maximum absolute atomic E-state index is 11.2. The number of rotatable bonds is 5. The molecule has 6 rings (SSSR count). The van der Waals surface area contributed by atoms with Crippen LogP contribution in [0.15, 0.2) is 77.4 Å². The molecule has 1 saturated heterocycles. The molecule has 0 aliphatic carbocycles. The predicted molar refractivity (Wildman–Crippen MR) is 134 cm³/mol. The summed E-state index contributed by atoms with van der Waals surface area (Å²) in [5.74, 6) is 1.10. The fraction of sp³-hybridized carbons (Fsp3) is 0.200. The smallest absolute Gasteiger partial charge is 0.230 e. The highest BCUT2D eigenvalue weighted by molar-refractivity contribution is 7.17. The van der Waals surface area contributed by atoms with Crippen molar-refractivity contribution in [3.8, 4) is 17.5 Å². The van der Waals surface area contributed by atoms with Crippen LogP contribution in [0.3, 0.4) is 0 Å². The first kappa shape index (κ1) is 21.2. The van der Waals surface area contributed by atoms with Crippen LogP contribution in [-0.4, -0.2) is 50.8 Å². The van der Waals surface area contributed by atoms with Gasteiger partial charge in [-0.2, -0.15) is 9.50 Å². The summed E-state index contributed by atoms with van der Waals surface area (Å²) in [5.41, 5.74) is 2.19. The highest BCUT2D eigenvalue weighted by Gasteiger charge is 2.33. The number of furan rings is 1. The van der Waals surface area contributed by atoms with Gasteiger partial charge in [-0.3, -0.25) is 4.90 Å². The molecule has 2 aromatic carbocycles. The average Bonchev–Trinajstić information content (AvgIpc) is 3.61. The molecule has 34 heavy (non-hydrogen) atoms. The molecule has 9 heteroatoms. The SMILES string of the molecule is Oc1c(C(c2ccccc2Cl)N2CCN(c3ccccc3)CC2)sc2nc(-c3ccco3)nn12. The van der Waals surface area contributed by atoms with Crippen LogP contribution in [0.25, 0.3) is 16.5 Å². The minimum absolute atomic E-state index is 0.0840. The molecule has 1 aliphatic heterocycles. The number of aromatic nitrogens is 3. The molecule has 0 saturated carbocycles. The number of para-hydroxylation sites is 1. The Hall–Kier alpha value is -3.33. The first-order valence-corrected chi connectivity index (χ1v) is 12.3. The third-order valence-corrected chi connectivity index (χ3v) is 7.61. The molecule has 1 unspecified atom stereocenters. The molecule has 1 N–H and O–H groups in total. The average molecular weight is 492 g/mol. The number of aromatic hydroxyl groups is 1. The third kappa shape index (κ3) is 3.73. The highest BCUT2D eigenvalue weighted by Crippen LogP contribution is 2.42. The van der Waals surface area contributed by atoms with Crippen molar-refractivity contribution < 1.29 is 9.52 Å². The maximum Gasteiger partial charge on any atom is 0.230 e. The van der Waals surface area contributed by atoms with E-state index >= 15 is 0 Å². The topological polar surface area (TPSA) is 70.0 Å². The lowest BCUT2D eigenvalue weighted by molar-refractivity contribution is 0.211. The van der Waals surface area contributed by atoms with Crippen molar-refractivity contribution in [3.05, 3.63) is 88.5 Å². The van der Waals surface area contributed by atoms with Crippen LogP contribution in [0.2, 0.25) is 5.02 Å². The van der Waals surface area contributed by atoms with Crippen LogP contribution < -0.4 is 4.90 Å². The Balaban J connectivity index is 1.36. The van der Waals surface area contributed by atoms with Gasteiger partial charge < -0.3 is 14.4 Å². The van der Waals surface area contributed by atoms with Crippen LogP contribution in [0.4, 0.5) is 5.69 Å². The molecule has 0 bridgehead atoms. The maximum atomic E-state index is 11.2. The van der Waals surface area contributed by atoms with Crippen molar-refractivity contribution in [2.24, 2.45) is 0 Å². The molecule has 1 aliphatic rings. The molecule has 1 fully saturated rings. The van der Waals surface area contributed by atoms with Gasteiger partial charge in [-0.15, -0.1) is 5.10 Å². The Morgan fingerprint density at radius 3 is 2.41 bits per heavy atom. The van der Waals surface area contributed by atoms with E-state index in [0.29, 0.717) is 21.6 Å². The van der Waals surface area contributed by atoms with Gasteiger partial charge in [-0.25, -0.2) is 0 Å². The van der Waals surface area contributed by atoms with Crippen molar-refractivity contribution in [1.29, 1.82) is 0 Å². The van der Waals surface area contributed by atoms with E-state index in [1.54, 1.807) is 18.4 Å². The summed E-state index contributed by atoms with van der Waals surface area (Å²) in [6, 6.07) is 21.7. The van der Waals surface area contributed by atoms with Crippen LogP contribution >= 0.6 is 22.9 Å². The van der Waals surface area contributed by atoms with E-state index < -0.39 is 0 Å². The summed E-state index contributed by atoms with van der Waals surface area (Å²) in [6.07, 6.45) is 1.58. The summed E-state index contributed by atoms with van der Waals surface area (Å²) in [4.78, 5) is 10.7. The fourth-order valence-corrected chi connectivity index (χ4v) is 5.86. The second-order valence-corrected chi connectivity index (χ2v) is 9.60. The monoisotopic (exact) mass is 491 g/mol. The van der Waals surface area contributed by atoms with Crippen molar-refractivity contribution in [2.45, 2.75) is 6.04 Å². The molecule has 7 nitrogen and oxygen atoms in total. The Morgan fingerprint density at radius 1 is 0.941 bits per heavy atom. The Kier molecular flexibility index (Phi) is 5.49. The normalized spacial score (nSPS) is 15.7. The molecule has 4 heterocycles. The number of hydrogen-bond acceptors (Lipinski definition) is 7. The Bertz CT molecular complexity index is 1410. The summed E-state index contributed by atoms with van der Waals surface area (Å²) >= 11 is 8.09. The molecular formula is C25H22ClN5O2S.